The third kappa shape index (κ3) is 17.4. The lowest BCUT2D eigenvalue weighted by Gasteiger charge is -2.11. The molecular formula is C74H92N6O4. The molecule has 0 amide bonds. The Balaban J connectivity index is 1.15. The minimum Gasteiger partial charge on any atom is -0.494 e. The van der Waals surface area contributed by atoms with Crippen molar-refractivity contribution in [2.24, 2.45) is 0 Å². The van der Waals surface area contributed by atoms with E-state index in [9.17, 15) is 0 Å². The fourth-order valence-electron chi connectivity index (χ4n) is 11.3. The SMILES string of the molecule is CCCCCCCCCCOc1ccc(-c2c3nc(c(-c4ccc(OCCCN(C)C)cc4)c4nc(c(-c5ccc(OCCCCCCCCCC)cc5)c5ccc([nH]5)c(-c5ccc(OCCCN(C)C)cc5)c5ccc2[nH]5)C=C4)C=C3)cc1. The van der Waals surface area contributed by atoms with Crippen molar-refractivity contribution >= 4 is 46.4 Å². The molecule has 4 aromatic carbocycles. The lowest BCUT2D eigenvalue weighted by atomic mass is 10.0. The Kier molecular flexibility index (Phi) is 23.3. The molecule has 2 aliphatic heterocycles. The van der Waals surface area contributed by atoms with Gasteiger partial charge in [0.1, 0.15) is 23.0 Å². The molecule has 0 atom stereocenters. The van der Waals surface area contributed by atoms with E-state index in [4.69, 9.17) is 28.9 Å². The summed E-state index contributed by atoms with van der Waals surface area (Å²) in [5.74, 6) is 3.42. The van der Waals surface area contributed by atoms with Crippen molar-refractivity contribution in [1.82, 2.24) is 29.7 Å². The van der Waals surface area contributed by atoms with Crippen molar-refractivity contribution in [3.8, 4) is 67.5 Å². The molecule has 84 heavy (non-hydrogen) atoms. The van der Waals surface area contributed by atoms with Gasteiger partial charge in [0.25, 0.3) is 0 Å². The predicted octanol–water partition coefficient (Wildman–Crippen LogP) is 19.0. The molecule has 0 aliphatic carbocycles. The number of ether oxygens (including phenoxy) is 4. The van der Waals surface area contributed by atoms with E-state index in [1.54, 1.807) is 0 Å². The first-order chi connectivity index (χ1) is 41.2. The monoisotopic (exact) mass is 1130 g/mol. The van der Waals surface area contributed by atoms with Gasteiger partial charge in [0.2, 0.25) is 0 Å². The second-order valence-electron chi connectivity index (χ2n) is 23.3. The van der Waals surface area contributed by atoms with Gasteiger partial charge >= 0.3 is 0 Å². The van der Waals surface area contributed by atoms with Gasteiger partial charge in [-0.1, -0.05) is 152 Å². The standard InChI is InChI=1S/C74H92N6O4/c1-7-9-11-13-15-17-19-21-51-81-59-33-25-55(26-34-59)71-63-41-45-67(75-63)73(57-29-37-61(38-30-57)83-53-23-49-79(3)4)69-47-43-65(77-69)72(56-27-35-60(36-28-56)82-52-22-20-18-16-14-12-10-8-2)66-44-48-70(78-66)74(68-46-42-64(71)76-68)58-31-39-62(40-32-58)84-54-24-50-80(5)6/h25-48,75,77H,7-24,49-54H2,1-6H3. The maximum atomic E-state index is 6.35. The first-order valence-electron chi connectivity index (χ1n) is 31.6. The lowest BCUT2D eigenvalue weighted by molar-refractivity contribution is 0.281. The number of rotatable bonds is 34. The molecule has 442 valence electrons. The molecular weight excluding hydrogens is 1040 g/mol. The first-order valence-corrected chi connectivity index (χ1v) is 31.6. The summed E-state index contributed by atoms with van der Waals surface area (Å²) in [6.45, 7) is 9.19. The van der Waals surface area contributed by atoms with E-state index in [0.29, 0.717) is 26.4 Å². The zero-order valence-corrected chi connectivity index (χ0v) is 51.2. The third-order valence-corrected chi connectivity index (χ3v) is 15.9. The minimum absolute atomic E-state index is 0.643. The highest BCUT2D eigenvalue weighted by Gasteiger charge is 2.20. The number of aromatic nitrogens is 4. The first kappa shape index (κ1) is 61.2. The largest absolute Gasteiger partial charge is 0.494 e. The summed E-state index contributed by atoms with van der Waals surface area (Å²) in [6.07, 6.45) is 30.7. The van der Waals surface area contributed by atoms with Gasteiger partial charge in [-0.2, -0.15) is 0 Å². The average molecular weight is 1130 g/mol. The highest BCUT2D eigenvalue weighted by molar-refractivity contribution is 6.00. The predicted molar refractivity (Wildman–Crippen MR) is 354 cm³/mol. The Bertz CT molecular complexity index is 3210. The van der Waals surface area contributed by atoms with Gasteiger partial charge in [0.05, 0.1) is 49.2 Å². The quantitative estimate of drug-likeness (QED) is 0.0385. The highest BCUT2D eigenvalue weighted by Crippen LogP contribution is 2.40. The summed E-state index contributed by atoms with van der Waals surface area (Å²) in [7, 11) is 8.37. The van der Waals surface area contributed by atoms with Crippen LogP contribution in [-0.2, 0) is 0 Å². The Morgan fingerprint density at radius 2 is 0.560 bits per heavy atom. The van der Waals surface area contributed by atoms with Crippen LogP contribution in [0.5, 0.6) is 23.0 Å². The number of hydrogen-bond donors (Lipinski definition) is 2. The second-order valence-corrected chi connectivity index (χ2v) is 23.3. The molecule has 0 saturated carbocycles. The van der Waals surface area contributed by atoms with Crippen LogP contribution < -0.4 is 18.9 Å². The summed E-state index contributed by atoms with van der Waals surface area (Å²) in [4.78, 5) is 23.4. The molecule has 2 N–H and O–H groups in total. The number of unbranched alkanes of at least 4 members (excludes halogenated alkanes) is 14. The number of nitrogens with zero attached hydrogens (tertiary/aromatic N) is 4. The number of hydrogen-bond acceptors (Lipinski definition) is 8. The van der Waals surface area contributed by atoms with Gasteiger partial charge in [0.15, 0.2) is 0 Å². The Morgan fingerprint density at radius 1 is 0.298 bits per heavy atom. The molecule has 0 fully saturated rings. The Morgan fingerprint density at radius 3 is 0.881 bits per heavy atom. The van der Waals surface area contributed by atoms with Gasteiger partial charge in [-0.15, -0.1) is 0 Å². The maximum absolute atomic E-state index is 6.35. The number of nitrogens with one attached hydrogen (secondary N) is 2. The molecule has 10 nitrogen and oxygen atoms in total. The number of aromatic amines is 2. The molecule has 10 heteroatoms. The van der Waals surface area contributed by atoms with Gasteiger partial charge in [0, 0.05) is 57.4 Å². The van der Waals surface area contributed by atoms with Crippen molar-refractivity contribution in [1.29, 1.82) is 0 Å². The molecule has 7 aromatic rings. The third-order valence-electron chi connectivity index (χ3n) is 15.9. The molecule has 2 aliphatic rings. The molecule has 8 bridgehead atoms. The number of benzene rings is 4. The zero-order valence-electron chi connectivity index (χ0n) is 51.2. The summed E-state index contributed by atoms with van der Waals surface area (Å²) in [6, 6.07) is 42.8. The normalized spacial score (nSPS) is 12.0. The van der Waals surface area contributed by atoms with Crippen molar-refractivity contribution in [3.05, 3.63) is 144 Å². The molecule has 5 heterocycles. The van der Waals surface area contributed by atoms with Crippen LogP contribution in [0.4, 0.5) is 0 Å². The Hall–Kier alpha value is -7.40. The van der Waals surface area contributed by atoms with Gasteiger partial charge in [-0.05, 0) is 173 Å². The molecule has 3 aromatic heterocycles. The van der Waals surface area contributed by atoms with Gasteiger partial charge in [-0.25, -0.2) is 9.97 Å². The number of fused-ring (bicyclic) bond motifs is 8. The average Bonchev–Trinajstić information content (AvgIpc) is 3.31. The van der Waals surface area contributed by atoms with Crippen LogP contribution in [0, 0.1) is 0 Å². The van der Waals surface area contributed by atoms with Crippen LogP contribution in [-0.4, -0.2) is 97.4 Å². The smallest absolute Gasteiger partial charge is 0.119 e. The maximum Gasteiger partial charge on any atom is 0.119 e. The van der Waals surface area contributed by atoms with Crippen LogP contribution in [0.25, 0.3) is 90.9 Å². The van der Waals surface area contributed by atoms with Crippen molar-refractivity contribution in [2.75, 3.05) is 67.7 Å². The van der Waals surface area contributed by atoms with E-state index in [2.05, 4.69) is 207 Å². The van der Waals surface area contributed by atoms with E-state index in [1.165, 1.54) is 89.9 Å². The van der Waals surface area contributed by atoms with Crippen LogP contribution in [0.15, 0.2) is 121 Å². The summed E-state index contributed by atoms with van der Waals surface area (Å²) in [5.41, 5.74) is 15.2. The minimum atomic E-state index is 0.643. The molecule has 9 rings (SSSR count). The fraction of sp³-hybridized carbons (Fsp3) is 0.405. The summed E-state index contributed by atoms with van der Waals surface area (Å²) >= 11 is 0. The Labute approximate surface area is 501 Å². The second kappa shape index (κ2) is 32.0. The van der Waals surface area contributed by atoms with E-state index < -0.39 is 0 Å². The summed E-state index contributed by atoms with van der Waals surface area (Å²) < 4.78 is 25.2. The van der Waals surface area contributed by atoms with E-state index in [1.807, 2.05) is 0 Å². The molecule has 0 radical (unpaired) electrons. The van der Waals surface area contributed by atoms with Crippen LogP contribution in [0.2, 0.25) is 0 Å². The summed E-state index contributed by atoms with van der Waals surface area (Å²) in [5, 5.41) is 0. The van der Waals surface area contributed by atoms with Crippen LogP contribution in [0.3, 0.4) is 0 Å². The molecule has 0 unspecified atom stereocenters. The van der Waals surface area contributed by atoms with Crippen molar-refractivity contribution < 1.29 is 18.9 Å². The van der Waals surface area contributed by atoms with Gasteiger partial charge in [-0.3, -0.25) is 0 Å². The number of H-pyrrole nitrogens is 2. The molecule has 0 spiro atoms. The van der Waals surface area contributed by atoms with E-state index in [-0.39, 0.29) is 0 Å². The zero-order chi connectivity index (χ0) is 58.3. The highest BCUT2D eigenvalue weighted by atomic mass is 16.5. The van der Waals surface area contributed by atoms with Crippen LogP contribution >= 0.6 is 0 Å². The fourth-order valence-corrected chi connectivity index (χ4v) is 11.3. The van der Waals surface area contributed by atoms with Crippen molar-refractivity contribution in [2.45, 2.75) is 129 Å². The molecule has 0 saturated heterocycles. The lowest BCUT2D eigenvalue weighted by Crippen LogP contribution is -2.15. The van der Waals surface area contributed by atoms with E-state index in [0.717, 1.165) is 151 Å². The van der Waals surface area contributed by atoms with E-state index >= 15 is 0 Å². The van der Waals surface area contributed by atoms with Crippen LogP contribution in [0.1, 0.15) is 152 Å². The van der Waals surface area contributed by atoms with Gasteiger partial charge < -0.3 is 38.7 Å². The van der Waals surface area contributed by atoms with Crippen molar-refractivity contribution in [3.63, 3.8) is 0 Å². The topological polar surface area (TPSA) is 101 Å².